The summed E-state index contributed by atoms with van der Waals surface area (Å²) in [6.07, 6.45) is -16.4. The monoisotopic (exact) mass is 986 g/mol. The Morgan fingerprint density at radius 3 is 1.96 bits per heavy atom. The Kier molecular flexibility index (Phi) is 14.6. The van der Waals surface area contributed by atoms with Crippen molar-refractivity contribution in [3.05, 3.63) is 11.6 Å². The normalized spacial score (nSPS) is 57.6. The van der Waals surface area contributed by atoms with Crippen molar-refractivity contribution in [2.24, 2.45) is 46.3 Å². The smallest absolute Gasteiger partial charge is 0.187 e. The van der Waals surface area contributed by atoms with E-state index in [1.165, 1.54) is 25.3 Å². The molecule has 9 fully saturated rings. The van der Waals surface area contributed by atoms with Crippen molar-refractivity contribution in [3.8, 4) is 0 Å². The number of allylic oxidation sites excluding steroid dienone is 1. The second kappa shape index (κ2) is 19.6. The fraction of sp³-hybridized carbons (Fsp3) is 0.959. The Labute approximate surface area is 403 Å². The number of ether oxygens (including phenoxy) is 9. The first-order valence-electron chi connectivity index (χ1n) is 25.8. The van der Waals surface area contributed by atoms with Gasteiger partial charge in [0.1, 0.15) is 85.1 Å². The highest BCUT2D eigenvalue weighted by molar-refractivity contribution is 5.27. The van der Waals surface area contributed by atoms with Gasteiger partial charge in [0, 0.05) is 12.5 Å². The summed E-state index contributed by atoms with van der Waals surface area (Å²) >= 11 is 0. The van der Waals surface area contributed by atoms with E-state index in [0.717, 1.165) is 38.6 Å². The summed E-state index contributed by atoms with van der Waals surface area (Å²) in [5.41, 5.74) is 1.33. The number of aliphatic hydroxyl groups is 10. The molecule has 6 saturated heterocycles. The number of hydrogen-bond acceptors (Lipinski definition) is 20. The number of hydrogen-bond donors (Lipinski definition) is 11. The van der Waals surface area contributed by atoms with Crippen LogP contribution in [0.4, 0.5) is 0 Å². The zero-order valence-electron chi connectivity index (χ0n) is 40.4. The molecule has 1 spiro atoms. The lowest BCUT2D eigenvalue weighted by Crippen LogP contribution is -2.67. The van der Waals surface area contributed by atoms with Crippen molar-refractivity contribution in [2.75, 3.05) is 26.4 Å². The Balaban J connectivity index is 0.825. The predicted octanol–water partition coefficient (Wildman–Crippen LogP) is -1.11. The van der Waals surface area contributed by atoms with Gasteiger partial charge in [0.25, 0.3) is 0 Å². The molecule has 0 amide bonds. The minimum absolute atomic E-state index is 0.0275. The van der Waals surface area contributed by atoms with Gasteiger partial charge in [-0.1, -0.05) is 39.3 Å². The maximum atomic E-state index is 12.1. The van der Waals surface area contributed by atoms with Gasteiger partial charge in [-0.15, -0.1) is 0 Å². The summed E-state index contributed by atoms with van der Waals surface area (Å²) in [5, 5.41) is 112. The molecule has 0 aromatic carbocycles. The second-order valence-electron chi connectivity index (χ2n) is 23.1. The minimum atomic E-state index is -1.85. The molecule has 0 aromatic rings. The molecule has 20 heteroatoms. The van der Waals surface area contributed by atoms with E-state index in [2.05, 4.69) is 39.1 Å². The number of aliphatic hydroxyl groups excluding tert-OH is 10. The number of fused-ring (bicyclic) bond motifs is 7. The van der Waals surface area contributed by atoms with E-state index in [1.54, 1.807) is 0 Å². The zero-order valence-corrected chi connectivity index (χ0v) is 40.4. The molecule has 394 valence electrons. The first kappa shape index (κ1) is 51.4. The second-order valence-corrected chi connectivity index (χ2v) is 23.1. The Hall–Kier alpha value is -1.06. The highest BCUT2D eigenvalue weighted by atomic mass is 16.8. The molecule has 20 nitrogen and oxygen atoms in total. The van der Waals surface area contributed by atoms with Gasteiger partial charge in [-0.25, -0.2) is 0 Å². The Morgan fingerprint density at radius 1 is 0.667 bits per heavy atom. The summed E-state index contributed by atoms with van der Waals surface area (Å²) < 4.78 is 55.0. The molecule has 29 atom stereocenters. The van der Waals surface area contributed by atoms with Crippen LogP contribution in [-0.2, 0) is 42.6 Å². The maximum absolute atomic E-state index is 12.1. The molecule has 0 bridgehead atoms. The average molecular weight is 986 g/mol. The molecular formula is C49H79NO19. The lowest BCUT2D eigenvalue weighted by Gasteiger charge is -2.59. The van der Waals surface area contributed by atoms with Gasteiger partial charge < -0.3 is 93.7 Å². The van der Waals surface area contributed by atoms with Crippen LogP contribution in [0, 0.1) is 46.3 Å². The lowest BCUT2D eigenvalue weighted by molar-refractivity contribution is -0.390. The summed E-state index contributed by atoms with van der Waals surface area (Å²) in [4.78, 5) is 0. The van der Waals surface area contributed by atoms with Gasteiger partial charge in [-0.2, -0.15) is 0 Å². The van der Waals surface area contributed by atoms with Crippen LogP contribution < -0.4 is 5.32 Å². The van der Waals surface area contributed by atoms with E-state index in [1.807, 2.05) is 0 Å². The third-order valence-corrected chi connectivity index (χ3v) is 19.2. The minimum Gasteiger partial charge on any atom is -0.394 e. The van der Waals surface area contributed by atoms with Crippen LogP contribution in [0.1, 0.15) is 92.4 Å². The standard InChI is InChI=1S/C49H79NO19/c1-20-8-13-49(50-16-20)21(2)32-30(69-49)15-27-25-7-6-23-14-24(9-11-47(23,4)26(25)10-12-48(27,32)5)64-46-39(60)42(68-44-37(58)34(55)29(53)19-62-44)41(31(17-51)65-46)67-45-38(59)35(56)40(22(3)63-45)66-43-36(57)33(54)28(52)18-61-43/h6,20-22,24-46,50-60H,7-19H2,1-5H3. The summed E-state index contributed by atoms with van der Waals surface area (Å²) in [6, 6.07) is 0. The van der Waals surface area contributed by atoms with Gasteiger partial charge in [0.2, 0.25) is 0 Å². The summed E-state index contributed by atoms with van der Waals surface area (Å²) in [5.74, 6) is 3.32. The molecule has 0 aromatic heterocycles. The Bertz CT molecular complexity index is 1820. The molecule has 3 saturated carbocycles. The number of nitrogens with one attached hydrogen (secondary N) is 1. The number of rotatable bonds is 9. The van der Waals surface area contributed by atoms with Gasteiger partial charge in [0.05, 0.1) is 38.1 Å². The molecule has 6 aliphatic heterocycles. The fourth-order valence-electron chi connectivity index (χ4n) is 15.2. The molecule has 29 unspecified atom stereocenters. The SMILES string of the molecule is CC1CCC2(NC1)OC1CC3C4CC=C5CC(OC6OC(CO)C(OC7OC(C)C(OC8OCC(O)C(O)C8O)C(O)C7O)C(OC7OCC(O)C(O)C7O)C6O)CCC5(C)C4CCC3(C)C1C2C. The van der Waals surface area contributed by atoms with Crippen molar-refractivity contribution < 1.29 is 93.7 Å². The van der Waals surface area contributed by atoms with Gasteiger partial charge >= 0.3 is 0 Å². The van der Waals surface area contributed by atoms with Crippen molar-refractivity contribution in [3.63, 3.8) is 0 Å². The molecule has 6 heterocycles. The van der Waals surface area contributed by atoms with Crippen molar-refractivity contribution in [1.82, 2.24) is 5.32 Å². The third kappa shape index (κ3) is 8.82. The molecule has 0 radical (unpaired) electrons. The van der Waals surface area contributed by atoms with E-state index in [0.29, 0.717) is 48.3 Å². The van der Waals surface area contributed by atoms with Crippen LogP contribution >= 0.6 is 0 Å². The summed E-state index contributed by atoms with van der Waals surface area (Å²) in [7, 11) is 0. The molecular weight excluding hydrogens is 907 g/mol. The first-order valence-corrected chi connectivity index (χ1v) is 25.8. The van der Waals surface area contributed by atoms with Crippen LogP contribution in [-0.4, -0.2) is 206 Å². The van der Waals surface area contributed by atoms with Crippen molar-refractivity contribution >= 4 is 0 Å². The van der Waals surface area contributed by atoms with E-state index >= 15 is 0 Å². The maximum Gasteiger partial charge on any atom is 0.187 e. The Morgan fingerprint density at radius 2 is 1.30 bits per heavy atom. The first-order chi connectivity index (χ1) is 32.8. The van der Waals surface area contributed by atoms with E-state index in [4.69, 9.17) is 42.6 Å². The summed E-state index contributed by atoms with van der Waals surface area (Å²) in [6.45, 7) is 10.8. The lowest BCUT2D eigenvalue weighted by atomic mass is 9.47. The average Bonchev–Trinajstić information content (AvgIpc) is 3.78. The van der Waals surface area contributed by atoms with Crippen LogP contribution in [0.3, 0.4) is 0 Å². The van der Waals surface area contributed by atoms with Crippen LogP contribution in [0.15, 0.2) is 11.6 Å². The highest BCUT2D eigenvalue weighted by Crippen LogP contribution is 2.70. The van der Waals surface area contributed by atoms with Gasteiger partial charge in [-0.05, 0) is 105 Å². The quantitative estimate of drug-likeness (QED) is 0.122. The van der Waals surface area contributed by atoms with Crippen LogP contribution in [0.2, 0.25) is 0 Å². The van der Waals surface area contributed by atoms with Crippen molar-refractivity contribution in [1.29, 1.82) is 0 Å². The van der Waals surface area contributed by atoms with Crippen LogP contribution in [0.25, 0.3) is 0 Å². The molecule has 11 N–H and O–H groups in total. The molecule has 69 heavy (non-hydrogen) atoms. The van der Waals surface area contributed by atoms with E-state index in [9.17, 15) is 51.1 Å². The van der Waals surface area contributed by atoms with Gasteiger partial charge in [0.15, 0.2) is 25.2 Å². The van der Waals surface area contributed by atoms with Gasteiger partial charge in [-0.3, -0.25) is 5.32 Å². The molecule has 10 rings (SSSR count). The predicted molar refractivity (Wildman–Crippen MR) is 237 cm³/mol. The molecule has 4 aliphatic carbocycles. The highest BCUT2D eigenvalue weighted by Gasteiger charge is 2.68. The topological polar surface area (TPSA) is 297 Å². The third-order valence-electron chi connectivity index (χ3n) is 19.2. The van der Waals surface area contributed by atoms with Crippen molar-refractivity contribution in [2.45, 2.75) is 221 Å². The van der Waals surface area contributed by atoms with E-state index in [-0.39, 0.29) is 35.4 Å². The van der Waals surface area contributed by atoms with Crippen LogP contribution in [0.5, 0.6) is 0 Å². The number of piperidine rings is 1. The fourth-order valence-corrected chi connectivity index (χ4v) is 15.2. The molecule has 10 aliphatic rings. The zero-order chi connectivity index (χ0) is 49.1. The largest absolute Gasteiger partial charge is 0.394 e. The van der Waals surface area contributed by atoms with E-state index < -0.39 is 124 Å².